The maximum Gasteiger partial charge on any atom is 0.132 e. The molecule has 2 aromatic heterocycles. The number of nitrogens with zero attached hydrogens (tertiary/aromatic N) is 2. The van der Waals surface area contributed by atoms with E-state index in [-0.39, 0.29) is 0 Å². The van der Waals surface area contributed by atoms with Gasteiger partial charge in [0.15, 0.2) is 0 Å². The largest absolute Gasteiger partial charge is 0.381 e. The van der Waals surface area contributed by atoms with Crippen LogP contribution in [0.1, 0.15) is 22.2 Å². The molecule has 0 aliphatic carbocycles. The zero-order valence-electron chi connectivity index (χ0n) is 8.01. The highest BCUT2D eigenvalue weighted by Gasteiger charge is 2.14. The molecule has 0 radical (unpaired) electrons. The minimum Gasteiger partial charge on any atom is -0.381 e. The van der Waals surface area contributed by atoms with Crippen molar-refractivity contribution in [2.45, 2.75) is 13.0 Å². The maximum absolute atomic E-state index is 9.98. The molecule has 2 rings (SSSR count). The fourth-order valence-corrected chi connectivity index (χ4v) is 2.21. The molecule has 0 amide bonds. The molecule has 2 aromatic rings. The van der Waals surface area contributed by atoms with Crippen LogP contribution in [0.3, 0.4) is 0 Å². The first-order valence-corrected chi connectivity index (χ1v) is 5.57. The number of halogens is 1. The predicted molar refractivity (Wildman–Crippen MR) is 60.2 cm³/mol. The molecule has 0 spiro atoms. The predicted octanol–water partition coefficient (Wildman–Crippen LogP) is 2.58. The van der Waals surface area contributed by atoms with Crippen LogP contribution in [-0.4, -0.2) is 15.1 Å². The van der Waals surface area contributed by atoms with Gasteiger partial charge in [-0.1, -0.05) is 11.6 Å². The molecule has 3 nitrogen and oxygen atoms in total. The second-order valence-electron chi connectivity index (χ2n) is 3.20. The fourth-order valence-electron chi connectivity index (χ4n) is 1.26. The van der Waals surface area contributed by atoms with E-state index in [1.54, 1.807) is 12.4 Å². The lowest BCUT2D eigenvalue weighted by molar-refractivity contribution is 0.219. The lowest BCUT2D eigenvalue weighted by atomic mass is 10.1. The summed E-state index contributed by atoms with van der Waals surface area (Å²) in [5.74, 6) is 0. The number of aliphatic hydroxyl groups excluding tert-OH is 1. The number of thiazole rings is 1. The van der Waals surface area contributed by atoms with Crippen LogP contribution >= 0.6 is 22.9 Å². The highest BCUT2D eigenvalue weighted by Crippen LogP contribution is 2.28. The van der Waals surface area contributed by atoms with Gasteiger partial charge in [-0.2, -0.15) is 0 Å². The normalized spacial score (nSPS) is 12.7. The van der Waals surface area contributed by atoms with E-state index < -0.39 is 6.10 Å². The highest BCUT2D eigenvalue weighted by molar-refractivity contribution is 7.15. The van der Waals surface area contributed by atoms with Crippen molar-refractivity contribution in [1.82, 2.24) is 9.97 Å². The van der Waals surface area contributed by atoms with Crippen molar-refractivity contribution in [2.24, 2.45) is 0 Å². The van der Waals surface area contributed by atoms with Crippen LogP contribution in [0.4, 0.5) is 0 Å². The van der Waals surface area contributed by atoms with E-state index in [4.69, 9.17) is 11.6 Å². The Hall–Kier alpha value is -0.970. The van der Waals surface area contributed by atoms with Crippen molar-refractivity contribution in [3.63, 3.8) is 0 Å². The fraction of sp³-hybridized carbons (Fsp3) is 0.200. The number of hydrogen-bond acceptors (Lipinski definition) is 4. The van der Waals surface area contributed by atoms with Gasteiger partial charge in [0.25, 0.3) is 0 Å². The third kappa shape index (κ3) is 2.34. The number of hydrogen-bond donors (Lipinski definition) is 1. The second kappa shape index (κ2) is 4.26. The second-order valence-corrected chi connectivity index (χ2v) is 4.89. The number of aryl methyl sites for hydroxylation is 1. The average molecular weight is 241 g/mol. The number of rotatable bonds is 2. The zero-order valence-corrected chi connectivity index (χ0v) is 9.59. The molecule has 1 unspecified atom stereocenters. The molecule has 0 saturated carbocycles. The first-order chi connectivity index (χ1) is 7.16. The Morgan fingerprint density at radius 1 is 1.40 bits per heavy atom. The first kappa shape index (κ1) is 10.5. The van der Waals surface area contributed by atoms with Crippen molar-refractivity contribution in [3.05, 3.63) is 45.1 Å². The van der Waals surface area contributed by atoms with Gasteiger partial charge in [-0.05, 0) is 18.6 Å². The van der Waals surface area contributed by atoms with E-state index in [0.29, 0.717) is 9.34 Å². The van der Waals surface area contributed by atoms with Gasteiger partial charge in [0.05, 0.1) is 6.20 Å². The molecule has 1 N–H and O–H groups in total. The summed E-state index contributed by atoms with van der Waals surface area (Å²) in [7, 11) is 0. The van der Waals surface area contributed by atoms with Crippen LogP contribution in [0.5, 0.6) is 0 Å². The lowest BCUT2D eigenvalue weighted by Crippen LogP contribution is -1.99. The van der Waals surface area contributed by atoms with Crippen molar-refractivity contribution in [1.29, 1.82) is 0 Å². The van der Waals surface area contributed by atoms with Crippen LogP contribution in [0.25, 0.3) is 0 Å². The Morgan fingerprint density at radius 2 is 2.20 bits per heavy atom. The summed E-state index contributed by atoms with van der Waals surface area (Å²) < 4.78 is 0.574. The van der Waals surface area contributed by atoms with Gasteiger partial charge in [0, 0.05) is 18.0 Å². The molecule has 1 atom stereocenters. The Morgan fingerprint density at radius 3 is 2.80 bits per heavy atom. The minimum absolute atomic E-state index is 0.574. The SMILES string of the molecule is Cc1cncc(C(O)c2ncc(Cl)s2)c1. The molecule has 0 saturated heterocycles. The molecule has 0 bridgehead atoms. The van der Waals surface area contributed by atoms with E-state index in [1.165, 1.54) is 17.5 Å². The number of aliphatic hydroxyl groups is 1. The van der Waals surface area contributed by atoms with E-state index in [0.717, 1.165) is 11.1 Å². The summed E-state index contributed by atoms with van der Waals surface area (Å²) in [6, 6.07) is 1.88. The van der Waals surface area contributed by atoms with Crippen molar-refractivity contribution >= 4 is 22.9 Å². The third-order valence-electron chi connectivity index (χ3n) is 1.94. The summed E-state index contributed by atoms with van der Waals surface area (Å²) in [5, 5.41) is 10.6. The molecule has 0 fully saturated rings. The van der Waals surface area contributed by atoms with E-state index >= 15 is 0 Å². The van der Waals surface area contributed by atoms with Gasteiger partial charge in [0.2, 0.25) is 0 Å². The summed E-state index contributed by atoms with van der Waals surface area (Å²) in [6.07, 6.45) is 4.17. The minimum atomic E-state index is -0.741. The van der Waals surface area contributed by atoms with Crippen LogP contribution in [-0.2, 0) is 0 Å². The summed E-state index contributed by atoms with van der Waals surface area (Å²) in [6.45, 7) is 1.93. The van der Waals surface area contributed by atoms with Gasteiger partial charge in [-0.3, -0.25) is 4.98 Å². The summed E-state index contributed by atoms with van der Waals surface area (Å²) in [4.78, 5) is 8.05. The summed E-state index contributed by atoms with van der Waals surface area (Å²) >= 11 is 7.03. The van der Waals surface area contributed by atoms with Crippen LogP contribution in [0.2, 0.25) is 4.34 Å². The van der Waals surface area contributed by atoms with Gasteiger partial charge < -0.3 is 5.11 Å². The standard InChI is InChI=1S/C10H9ClN2OS/c1-6-2-7(4-12-3-6)9(14)10-13-5-8(11)15-10/h2-5,9,14H,1H3. The topological polar surface area (TPSA) is 46.0 Å². The third-order valence-corrected chi connectivity index (χ3v) is 3.11. The maximum atomic E-state index is 9.98. The first-order valence-electron chi connectivity index (χ1n) is 4.37. The Kier molecular flexibility index (Phi) is 3.00. The van der Waals surface area contributed by atoms with Gasteiger partial charge >= 0.3 is 0 Å². The Labute approximate surface area is 96.4 Å². The Balaban J connectivity index is 2.32. The quantitative estimate of drug-likeness (QED) is 0.878. The molecule has 0 aliphatic rings. The average Bonchev–Trinajstić information content (AvgIpc) is 2.64. The molecule has 0 aliphatic heterocycles. The molecule has 0 aromatic carbocycles. The molecular weight excluding hydrogens is 232 g/mol. The smallest absolute Gasteiger partial charge is 0.132 e. The van der Waals surface area contributed by atoms with Gasteiger partial charge in [-0.15, -0.1) is 11.3 Å². The van der Waals surface area contributed by atoms with E-state index in [9.17, 15) is 5.11 Å². The molecule has 2 heterocycles. The highest BCUT2D eigenvalue weighted by atomic mass is 35.5. The molecule has 5 heteroatoms. The lowest BCUT2D eigenvalue weighted by Gasteiger charge is -2.07. The van der Waals surface area contributed by atoms with Gasteiger partial charge in [0.1, 0.15) is 15.4 Å². The number of pyridine rings is 1. The van der Waals surface area contributed by atoms with Gasteiger partial charge in [-0.25, -0.2) is 4.98 Å². The molecule has 15 heavy (non-hydrogen) atoms. The van der Waals surface area contributed by atoms with Crippen molar-refractivity contribution < 1.29 is 5.11 Å². The Bertz CT molecular complexity index is 472. The van der Waals surface area contributed by atoms with Crippen LogP contribution in [0, 0.1) is 6.92 Å². The molecular formula is C10H9ClN2OS. The van der Waals surface area contributed by atoms with Crippen LogP contribution < -0.4 is 0 Å². The van der Waals surface area contributed by atoms with E-state index in [2.05, 4.69) is 9.97 Å². The number of aromatic nitrogens is 2. The zero-order chi connectivity index (χ0) is 10.8. The van der Waals surface area contributed by atoms with E-state index in [1.807, 2.05) is 13.0 Å². The van der Waals surface area contributed by atoms with Crippen LogP contribution in [0.15, 0.2) is 24.7 Å². The summed E-state index contributed by atoms with van der Waals surface area (Å²) in [5.41, 5.74) is 1.75. The molecule has 78 valence electrons. The monoisotopic (exact) mass is 240 g/mol. The van der Waals surface area contributed by atoms with Crippen molar-refractivity contribution in [3.8, 4) is 0 Å². The van der Waals surface area contributed by atoms with Crippen molar-refractivity contribution in [2.75, 3.05) is 0 Å².